The predicted molar refractivity (Wildman–Crippen MR) is 79.0 cm³/mol. The van der Waals surface area contributed by atoms with Crippen LogP contribution in [-0.4, -0.2) is 22.1 Å². The lowest BCUT2D eigenvalue weighted by Gasteiger charge is -2.26. The fourth-order valence-corrected chi connectivity index (χ4v) is 2.58. The van der Waals surface area contributed by atoms with E-state index in [2.05, 4.69) is 37.2 Å². The number of amides is 1. The quantitative estimate of drug-likeness (QED) is 0.800. The first-order valence-electron chi connectivity index (χ1n) is 5.47. The van der Waals surface area contributed by atoms with Crippen LogP contribution in [0, 0.1) is 6.92 Å². The maximum Gasteiger partial charge on any atom is 0.224 e. The molecule has 94 valence electrons. The van der Waals surface area contributed by atoms with Gasteiger partial charge in [-0.1, -0.05) is 61.7 Å². The fourth-order valence-electron chi connectivity index (χ4n) is 1.37. The van der Waals surface area contributed by atoms with Crippen molar-refractivity contribution in [1.29, 1.82) is 0 Å². The third-order valence-electron chi connectivity index (χ3n) is 2.52. The summed E-state index contributed by atoms with van der Waals surface area (Å²) < 4.78 is 0. The Morgan fingerprint density at radius 2 is 1.76 bits per heavy atom. The van der Waals surface area contributed by atoms with Crippen molar-refractivity contribution in [3.05, 3.63) is 35.4 Å². The zero-order valence-corrected chi connectivity index (χ0v) is 13.3. The molecule has 0 spiro atoms. The molecule has 0 aliphatic heterocycles. The Kier molecular flexibility index (Phi) is 5.67. The molecule has 0 fully saturated rings. The van der Waals surface area contributed by atoms with Crippen molar-refractivity contribution in [2.24, 2.45) is 0 Å². The summed E-state index contributed by atoms with van der Waals surface area (Å²) >= 11 is 6.82. The first kappa shape index (κ1) is 14.7. The van der Waals surface area contributed by atoms with Gasteiger partial charge in [0, 0.05) is 10.7 Å². The number of halogens is 2. The molecule has 0 unspecified atom stereocenters. The van der Waals surface area contributed by atoms with E-state index in [1.165, 1.54) is 5.56 Å². The second-order valence-electron chi connectivity index (χ2n) is 4.54. The molecule has 1 rings (SSSR count). The lowest BCUT2D eigenvalue weighted by Crippen LogP contribution is -2.49. The van der Waals surface area contributed by atoms with Crippen molar-refractivity contribution in [3.8, 4) is 0 Å². The second kappa shape index (κ2) is 6.55. The SMILES string of the molecule is Cc1ccc(CC(=O)NC(C)(CBr)CBr)cc1. The van der Waals surface area contributed by atoms with Gasteiger partial charge in [-0.05, 0) is 19.4 Å². The molecule has 0 heterocycles. The molecule has 1 aromatic carbocycles. The van der Waals surface area contributed by atoms with Gasteiger partial charge in [0.15, 0.2) is 0 Å². The van der Waals surface area contributed by atoms with Crippen LogP contribution in [0.4, 0.5) is 0 Å². The smallest absolute Gasteiger partial charge is 0.224 e. The molecule has 0 saturated carbocycles. The van der Waals surface area contributed by atoms with Gasteiger partial charge in [0.1, 0.15) is 0 Å². The Bertz CT molecular complexity index is 372. The van der Waals surface area contributed by atoms with E-state index in [0.717, 1.165) is 16.2 Å². The number of alkyl halides is 2. The summed E-state index contributed by atoms with van der Waals surface area (Å²) in [6.07, 6.45) is 0.426. The maximum absolute atomic E-state index is 11.9. The molecular weight excluding hydrogens is 346 g/mol. The summed E-state index contributed by atoms with van der Waals surface area (Å²) in [7, 11) is 0. The Morgan fingerprint density at radius 3 is 2.24 bits per heavy atom. The van der Waals surface area contributed by atoms with E-state index >= 15 is 0 Å². The molecule has 17 heavy (non-hydrogen) atoms. The molecule has 1 N–H and O–H groups in total. The molecular formula is C13H17Br2NO. The number of carbonyl (C=O) groups is 1. The molecule has 2 nitrogen and oxygen atoms in total. The van der Waals surface area contributed by atoms with Crippen LogP contribution in [0.5, 0.6) is 0 Å². The predicted octanol–water partition coefficient (Wildman–Crippen LogP) is 3.20. The van der Waals surface area contributed by atoms with Crippen molar-refractivity contribution >= 4 is 37.8 Å². The number of carbonyl (C=O) groups excluding carboxylic acids is 1. The molecule has 0 aliphatic carbocycles. The maximum atomic E-state index is 11.9. The summed E-state index contributed by atoms with van der Waals surface area (Å²) in [6.45, 7) is 4.04. The standard InChI is InChI=1S/C13H17Br2NO/c1-10-3-5-11(6-4-10)7-12(17)16-13(2,8-14)9-15/h3-6H,7-9H2,1-2H3,(H,16,17). The monoisotopic (exact) mass is 361 g/mol. The van der Waals surface area contributed by atoms with Crippen molar-refractivity contribution in [2.45, 2.75) is 25.8 Å². The summed E-state index contributed by atoms with van der Waals surface area (Å²) in [5.41, 5.74) is 2.02. The highest BCUT2D eigenvalue weighted by molar-refractivity contribution is 9.09. The summed E-state index contributed by atoms with van der Waals surface area (Å²) in [6, 6.07) is 8.04. The number of benzene rings is 1. The second-order valence-corrected chi connectivity index (χ2v) is 5.66. The zero-order chi connectivity index (χ0) is 12.9. The highest BCUT2D eigenvalue weighted by Crippen LogP contribution is 2.12. The van der Waals surface area contributed by atoms with E-state index in [4.69, 9.17) is 0 Å². The number of hydrogen-bond donors (Lipinski definition) is 1. The number of nitrogens with one attached hydrogen (secondary N) is 1. The minimum atomic E-state index is -0.234. The van der Waals surface area contributed by atoms with Gasteiger partial charge in [0.2, 0.25) is 5.91 Å². The topological polar surface area (TPSA) is 29.1 Å². The van der Waals surface area contributed by atoms with Gasteiger partial charge in [0.05, 0.1) is 12.0 Å². The summed E-state index contributed by atoms with van der Waals surface area (Å²) in [4.78, 5) is 11.9. The average Bonchev–Trinajstić information content (AvgIpc) is 2.32. The van der Waals surface area contributed by atoms with Crippen LogP contribution in [0.3, 0.4) is 0 Å². The van der Waals surface area contributed by atoms with Crippen molar-refractivity contribution in [2.75, 3.05) is 10.7 Å². The van der Waals surface area contributed by atoms with E-state index in [1.54, 1.807) is 0 Å². The first-order chi connectivity index (χ1) is 7.99. The third kappa shape index (κ3) is 4.80. The van der Waals surface area contributed by atoms with Gasteiger partial charge in [-0.15, -0.1) is 0 Å². The molecule has 0 bridgehead atoms. The molecule has 0 atom stereocenters. The van der Waals surface area contributed by atoms with Crippen molar-refractivity contribution in [3.63, 3.8) is 0 Å². The van der Waals surface area contributed by atoms with Gasteiger partial charge < -0.3 is 5.32 Å². The molecule has 0 aliphatic rings. The van der Waals surface area contributed by atoms with Gasteiger partial charge in [0.25, 0.3) is 0 Å². The van der Waals surface area contributed by atoms with E-state index in [9.17, 15) is 4.79 Å². The summed E-state index contributed by atoms with van der Waals surface area (Å²) in [5.74, 6) is 0.0512. The van der Waals surface area contributed by atoms with Crippen LogP contribution in [-0.2, 0) is 11.2 Å². The molecule has 0 saturated heterocycles. The van der Waals surface area contributed by atoms with Crippen molar-refractivity contribution < 1.29 is 4.79 Å². The van der Waals surface area contributed by atoms with Gasteiger partial charge in [-0.25, -0.2) is 0 Å². The molecule has 0 aromatic heterocycles. The largest absolute Gasteiger partial charge is 0.349 e. The molecule has 1 aromatic rings. The Labute approximate surface area is 119 Å². The van der Waals surface area contributed by atoms with Crippen molar-refractivity contribution in [1.82, 2.24) is 5.32 Å². The van der Waals surface area contributed by atoms with E-state index < -0.39 is 0 Å². The molecule has 4 heteroatoms. The Morgan fingerprint density at radius 1 is 1.24 bits per heavy atom. The van der Waals surface area contributed by atoms with Gasteiger partial charge >= 0.3 is 0 Å². The molecule has 1 amide bonds. The Hall–Kier alpha value is -0.350. The minimum Gasteiger partial charge on any atom is -0.349 e. The van der Waals surface area contributed by atoms with E-state index in [-0.39, 0.29) is 11.4 Å². The van der Waals surface area contributed by atoms with E-state index in [1.807, 2.05) is 38.1 Å². The number of rotatable bonds is 5. The van der Waals surface area contributed by atoms with E-state index in [0.29, 0.717) is 6.42 Å². The fraction of sp³-hybridized carbons (Fsp3) is 0.462. The summed E-state index contributed by atoms with van der Waals surface area (Å²) in [5, 5.41) is 4.48. The van der Waals surface area contributed by atoms with Crippen LogP contribution in [0.25, 0.3) is 0 Å². The minimum absolute atomic E-state index is 0.0512. The third-order valence-corrected chi connectivity index (χ3v) is 4.99. The number of hydrogen-bond acceptors (Lipinski definition) is 1. The van der Waals surface area contributed by atoms with Gasteiger partial charge in [-0.2, -0.15) is 0 Å². The highest BCUT2D eigenvalue weighted by atomic mass is 79.9. The van der Waals surface area contributed by atoms with Gasteiger partial charge in [-0.3, -0.25) is 4.79 Å². The lowest BCUT2D eigenvalue weighted by molar-refractivity contribution is -0.121. The molecule has 0 radical (unpaired) electrons. The van der Waals surface area contributed by atoms with Crippen LogP contribution >= 0.6 is 31.9 Å². The lowest BCUT2D eigenvalue weighted by atomic mass is 10.1. The normalized spacial score (nSPS) is 11.3. The van der Waals surface area contributed by atoms with Crippen LogP contribution in [0.2, 0.25) is 0 Å². The Balaban J connectivity index is 2.58. The highest BCUT2D eigenvalue weighted by Gasteiger charge is 2.23. The first-order valence-corrected chi connectivity index (χ1v) is 7.72. The van der Waals surface area contributed by atoms with Crippen LogP contribution < -0.4 is 5.32 Å². The number of aryl methyl sites for hydroxylation is 1. The zero-order valence-electron chi connectivity index (χ0n) is 10.1. The van der Waals surface area contributed by atoms with Crippen LogP contribution in [0.15, 0.2) is 24.3 Å². The van der Waals surface area contributed by atoms with Crippen LogP contribution in [0.1, 0.15) is 18.1 Å². The average molecular weight is 363 g/mol.